The number of ether oxygens (including phenoxy) is 1. The summed E-state index contributed by atoms with van der Waals surface area (Å²) in [6.45, 7) is 1.83. The number of nitro benzene ring substituents is 1. The predicted molar refractivity (Wildman–Crippen MR) is 83.3 cm³/mol. The summed E-state index contributed by atoms with van der Waals surface area (Å²) in [6, 6.07) is 3.23. The van der Waals surface area contributed by atoms with Crippen molar-refractivity contribution in [2.24, 2.45) is 11.8 Å². The lowest BCUT2D eigenvalue weighted by molar-refractivity contribution is -0.385. The minimum Gasteiger partial charge on any atom is -0.495 e. The molecule has 1 N–H and O–H groups in total. The quantitative estimate of drug-likeness (QED) is 0.621. The lowest BCUT2D eigenvalue weighted by atomic mass is 9.92. The number of aliphatic carboxylic acids is 1. The zero-order valence-electron chi connectivity index (χ0n) is 13.2. The van der Waals surface area contributed by atoms with Crippen LogP contribution >= 0.6 is 0 Å². The maximum absolute atomic E-state index is 12.8. The molecule has 1 aliphatic heterocycles. The van der Waals surface area contributed by atoms with Crippen molar-refractivity contribution in [2.75, 3.05) is 20.2 Å². The van der Waals surface area contributed by atoms with Gasteiger partial charge in [0.25, 0.3) is 5.69 Å². The number of sulfonamides is 1. The van der Waals surface area contributed by atoms with E-state index in [1.54, 1.807) is 6.92 Å². The second-order valence-electron chi connectivity index (χ2n) is 5.79. The average molecular weight is 358 g/mol. The molecule has 24 heavy (non-hydrogen) atoms. The maximum Gasteiger partial charge on any atom is 0.307 e. The third kappa shape index (κ3) is 3.49. The standard InChI is InChI=1S/C14H18N2O7S/c1-9-5-10(14(17)18)8-15(7-9)24(21,22)13-4-3-11(16(19)20)6-12(13)23-2/h3-4,6,9-10H,5,7-8H2,1-2H3,(H,17,18). The number of carboxylic acids is 1. The third-order valence-corrected chi connectivity index (χ3v) is 5.82. The van der Waals surface area contributed by atoms with Crippen molar-refractivity contribution in [2.45, 2.75) is 18.2 Å². The maximum atomic E-state index is 12.8. The first-order chi connectivity index (χ1) is 11.2. The summed E-state index contributed by atoms with van der Waals surface area (Å²) in [7, 11) is -2.80. The first kappa shape index (κ1) is 18.1. The summed E-state index contributed by atoms with van der Waals surface area (Å²) in [5.74, 6) is -2.09. The Kier molecular flexibility index (Phi) is 5.09. The summed E-state index contributed by atoms with van der Waals surface area (Å²) in [5, 5.41) is 20.0. The zero-order chi connectivity index (χ0) is 18.1. The number of nitrogens with zero attached hydrogens (tertiary/aromatic N) is 2. The molecular formula is C14H18N2O7S. The van der Waals surface area contributed by atoms with Crippen molar-refractivity contribution in [1.29, 1.82) is 0 Å². The third-order valence-electron chi connectivity index (χ3n) is 3.95. The van der Waals surface area contributed by atoms with Crippen LogP contribution in [-0.2, 0) is 14.8 Å². The number of carboxylic acid groups (broad SMARTS) is 1. The number of non-ortho nitro benzene ring substituents is 1. The van der Waals surface area contributed by atoms with E-state index in [1.165, 1.54) is 7.11 Å². The number of hydrogen-bond acceptors (Lipinski definition) is 6. The van der Waals surface area contributed by atoms with Gasteiger partial charge < -0.3 is 9.84 Å². The fourth-order valence-corrected chi connectivity index (χ4v) is 4.54. The van der Waals surface area contributed by atoms with Gasteiger partial charge in [-0.05, 0) is 18.4 Å². The van der Waals surface area contributed by atoms with E-state index in [9.17, 15) is 28.4 Å². The van der Waals surface area contributed by atoms with E-state index in [4.69, 9.17) is 4.74 Å². The summed E-state index contributed by atoms with van der Waals surface area (Å²) in [4.78, 5) is 21.2. The highest BCUT2D eigenvalue weighted by Gasteiger charge is 2.37. The number of piperidine rings is 1. The number of carbonyl (C=O) groups is 1. The summed E-state index contributed by atoms with van der Waals surface area (Å²) in [6.07, 6.45) is 0.402. The van der Waals surface area contributed by atoms with Gasteiger partial charge in [-0.2, -0.15) is 4.31 Å². The fraction of sp³-hybridized carbons (Fsp3) is 0.500. The van der Waals surface area contributed by atoms with Gasteiger partial charge in [0.15, 0.2) is 0 Å². The molecule has 1 aromatic rings. The van der Waals surface area contributed by atoms with Crippen LogP contribution in [0.3, 0.4) is 0 Å². The highest BCUT2D eigenvalue weighted by molar-refractivity contribution is 7.89. The van der Waals surface area contributed by atoms with Crippen LogP contribution < -0.4 is 4.74 Å². The van der Waals surface area contributed by atoms with Crippen LogP contribution in [0.2, 0.25) is 0 Å². The van der Waals surface area contributed by atoms with Gasteiger partial charge in [-0.1, -0.05) is 6.92 Å². The number of methoxy groups -OCH3 is 1. The Hall–Kier alpha value is -2.20. The van der Waals surface area contributed by atoms with Crippen LogP contribution in [0.1, 0.15) is 13.3 Å². The molecular weight excluding hydrogens is 340 g/mol. The number of benzene rings is 1. The summed E-state index contributed by atoms with van der Waals surface area (Å²) < 4.78 is 31.8. The molecule has 0 saturated carbocycles. The first-order valence-electron chi connectivity index (χ1n) is 7.22. The van der Waals surface area contributed by atoms with E-state index in [1.807, 2.05) is 0 Å². The van der Waals surface area contributed by atoms with Gasteiger partial charge in [0.1, 0.15) is 10.6 Å². The van der Waals surface area contributed by atoms with E-state index in [-0.39, 0.29) is 35.3 Å². The van der Waals surface area contributed by atoms with Gasteiger partial charge in [0.2, 0.25) is 10.0 Å². The van der Waals surface area contributed by atoms with Crippen molar-refractivity contribution >= 4 is 21.7 Å². The average Bonchev–Trinajstić information content (AvgIpc) is 2.53. The van der Waals surface area contributed by atoms with E-state index < -0.39 is 26.8 Å². The van der Waals surface area contributed by atoms with Crippen LogP contribution in [0.25, 0.3) is 0 Å². The van der Waals surface area contributed by atoms with E-state index in [0.29, 0.717) is 6.42 Å². The molecule has 10 heteroatoms. The number of rotatable bonds is 5. The first-order valence-corrected chi connectivity index (χ1v) is 8.66. The molecule has 0 aliphatic carbocycles. The molecule has 1 aromatic carbocycles. The molecule has 1 fully saturated rings. The number of hydrogen-bond donors (Lipinski definition) is 1. The second-order valence-corrected chi connectivity index (χ2v) is 7.70. The van der Waals surface area contributed by atoms with Crippen LogP contribution in [0.4, 0.5) is 5.69 Å². The minimum atomic E-state index is -4.02. The molecule has 1 aliphatic rings. The Bertz CT molecular complexity index is 762. The second kappa shape index (κ2) is 6.73. The molecule has 9 nitrogen and oxygen atoms in total. The largest absolute Gasteiger partial charge is 0.495 e. The lowest BCUT2D eigenvalue weighted by Crippen LogP contribution is -2.45. The monoisotopic (exact) mass is 358 g/mol. The van der Waals surface area contributed by atoms with E-state index in [0.717, 1.165) is 22.5 Å². The molecule has 2 atom stereocenters. The lowest BCUT2D eigenvalue weighted by Gasteiger charge is -2.33. The van der Waals surface area contributed by atoms with Crippen molar-refractivity contribution in [1.82, 2.24) is 4.31 Å². The highest BCUT2D eigenvalue weighted by atomic mass is 32.2. The Morgan fingerprint density at radius 1 is 1.42 bits per heavy atom. The van der Waals surface area contributed by atoms with Crippen LogP contribution in [0.15, 0.2) is 23.1 Å². The van der Waals surface area contributed by atoms with Crippen molar-refractivity contribution < 1.29 is 28.0 Å². The zero-order valence-corrected chi connectivity index (χ0v) is 14.0. The molecule has 0 radical (unpaired) electrons. The molecule has 0 amide bonds. The molecule has 2 rings (SSSR count). The van der Waals surface area contributed by atoms with E-state index in [2.05, 4.69) is 0 Å². The minimum absolute atomic E-state index is 0.112. The van der Waals surface area contributed by atoms with Crippen LogP contribution in [0, 0.1) is 22.0 Å². The SMILES string of the molecule is COc1cc([N+](=O)[O-])ccc1S(=O)(=O)N1CC(C)CC(C(=O)O)C1. The van der Waals surface area contributed by atoms with Crippen molar-refractivity contribution in [3.8, 4) is 5.75 Å². The van der Waals surface area contributed by atoms with Gasteiger partial charge in [-0.25, -0.2) is 8.42 Å². The number of nitro groups is 1. The van der Waals surface area contributed by atoms with E-state index >= 15 is 0 Å². The van der Waals surface area contributed by atoms with Gasteiger partial charge in [-0.3, -0.25) is 14.9 Å². The molecule has 0 bridgehead atoms. The fourth-order valence-electron chi connectivity index (χ4n) is 2.80. The Morgan fingerprint density at radius 2 is 2.08 bits per heavy atom. The molecule has 1 saturated heterocycles. The Balaban J connectivity index is 2.42. The molecule has 1 heterocycles. The molecule has 132 valence electrons. The molecule has 0 aromatic heterocycles. The Labute approximate surface area is 139 Å². The summed E-state index contributed by atoms with van der Waals surface area (Å²) >= 11 is 0. The van der Waals surface area contributed by atoms with Crippen LogP contribution in [0.5, 0.6) is 5.75 Å². The smallest absolute Gasteiger partial charge is 0.307 e. The predicted octanol–water partition coefficient (Wildman–Crippen LogP) is 1.33. The van der Waals surface area contributed by atoms with Crippen LogP contribution in [-0.4, -0.2) is 48.9 Å². The normalized spacial score (nSPS) is 22.1. The van der Waals surface area contributed by atoms with Crippen molar-refractivity contribution in [3.63, 3.8) is 0 Å². The van der Waals surface area contributed by atoms with Gasteiger partial charge in [0, 0.05) is 19.2 Å². The van der Waals surface area contributed by atoms with Gasteiger partial charge in [0.05, 0.1) is 24.0 Å². The van der Waals surface area contributed by atoms with Crippen molar-refractivity contribution in [3.05, 3.63) is 28.3 Å². The Morgan fingerprint density at radius 3 is 2.62 bits per heavy atom. The van der Waals surface area contributed by atoms with Gasteiger partial charge >= 0.3 is 5.97 Å². The van der Waals surface area contributed by atoms with Gasteiger partial charge in [-0.15, -0.1) is 0 Å². The molecule has 0 spiro atoms. The topological polar surface area (TPSA) is 127 Å². The summed E-state index contributed by atoms with van der Waals surface area (Å²) in [5.41, 5.74) is -0.291. The molecule has 2 unspecified atom stereocenters. The highest BCUT2D eigenvalue weighted by Crippen LogP contribution is 2.33.